The molecule has 1 heterocycles. The first-order chi connectivity index (χ1) is 14.5. The largest absolute Gasteiger partial charge is 0.489 e. The van der Waals surface area contributed by atoms with Gasteiger partial charge in [-0.1, -0.05) is 57.9 Å². The molecule has 1 saturated heterocycles. The van der Waals surface area contributed by atoms with E-state index in [2.05, 4.69) is 21.2 Å². The molecule has 150 valence electrons. The number of urea groups is 1. The lowest BCUT2D eigenvalue weighted by molar-refractivity contribution is -0.113. The smallest absolute Gasteiger partial charge is 0.333 e. The number of rotatable bonds is 5. The third kappa shape index (κ3) is 4.56. The molecule has 3 aromatic rings. The molecule has 0 bridgehead atoms. The molecule has 0 unspecified atom stereocenters. The molecule has 5 nitrogen and oxygen atoms in total. The minimum atomic E-state index is -0.511. The first-order valence-corrected chi connectivity index (χ1v) is 10.3. The highest BCUT2D eigenvalue weighted by molar-refractivity contribution is 9.10. The highest BCUT2D eigenvalue weighted by Gasteiger charge is 2.34. The molecule has 0 radical (unpaired) electrons. The minimum Gasteiger partial charge on any atom is -0.489 e. The van der Waals surface area contributed by atoms with Gasteiger partial charge >= 0.3 is 6.03 Å². The van der Waals surface area contributed by atoms with E-state index >= 15 is 0 Å². The number of benzene rings is 3. The van der Waals surface area contributed by atoms with Crippen LogP contribution in [0.1, 0.15) is 11.1 Å². The molecule has 4 rings (SSSR count). The molecule has 30 heavy (non-hydrogen) atoms. The summed E-state index contributed by atoms with van der Waals surface area (Å²) in [6.45, 7) is 0.455. The molecule has 1 aliphatic rings. The van der Waals surface area contributed by atoms with E-state index in [0.29, 0.717) is 23.1 Å². The van der Waals surface area contributed by atoms with E-state index in [1.54, 1.807) is 30.3 Å². The summed E-state index contributed by atoms with van der Waals surface area (Å²) in [5.41, 5.74) is 2.45. The van der Waals surface area contributed by atoms with Crippen LogP contribution in [0.4, 0.5) is 10.5 Å². The summed E-state index contributed by atoms with van der Waals surface area (Å²) < 4.78 is 6.81. The van der Waals surface area contributed by atoms with Gasteiger partial charge in [-0.25, -0.2) is 9.69 Å². The summed E-state index contributed by atoms with van der Waals surface area (Å²) in [5, 5.41) is 3.05. The Balaban J connectivity index is 1.45. The van der Waals surface area contributed by atoms with Gasteiger partial charge in [-0.2, -0.15) is 0 Å². The van der Waals surface area contributed by atoms with E-state index in [9.17, 15) is 9.59 Å². The molecular formula is C23H16BrClN2O3. The van der Waals surface area contributed by atoms with Gasteiger partial charge in [0.25, 0.3) is 5.91 Å². The molecule has 7 heteroatoms. The van der Waals surface area contributed by atoms with Crippen molar-refractivity contribution in [3.8, 4) is 5.75 Å². The molecule has 3 amide bonds. The molecule has 1 fully saturated rings. The Morgan fingerprint density at radius 1 is 1.00 bits per heavy atom. The predicted molar refractivity (Wildman–Crippen MR) is 120 cm³/mol. The van der Waals surface area contributed by atoms with Crippen molar-refractivity contribution < 1.29 is 14.3 Å². The number of hydrogen-bond acceptors (Lipinski definition) is 3. The topological polar surface area (TPSA) is 58.6 Å². The summed E-state index contributed by atoms with van der Waals surface area (Å²) in [6, 6.07) is 21.3. The van der Waals surface area contributed by atoms with Crippen LogP contribution in [0.15, 0.2) is 83.0 Å². The monoisotopic (exact) mass is 482 g/mol. The molecule has 1 aliphatic heterocycles. The van der Waals surface area contributed by atoms with Crippen LogP contribution in [0.3, 0.4) is 0 Å². The number of anilines is 1. The van der Waals surface area contributed by atoms with Gasteiger partial charge in [-0.15, -0.1) is 0 Å². The second kappa shape index (κ2) is 8.73. The number of amides is 3. The lowest BCUT2D eigenvalue weighted by Crippen LogP contribution is -2.30. The van der Waals surface area contributed by atoms with Crippen LogP contribution in [0, 0.1) is 0 Å². The van der Waals surface area contributed by atoms with E-state index < -0.39 is 11.9 Å². The van der Waals surface area contributed by atoms with Crippen molar-refractivity contribution in [2.24, 2.45) is 0 Å². The van der Waals surface area contributed by atoms with E-state index in [-0.39, 0.29) is 5.70 Å². The fourth-order valence-electron chi connectivity index (χ4n) is 2.96. The number of nitrogens with one attached hydrogen (secondary N) is 1. The van der Waals surface area contributed by atoms with Gasteiger partial charge in [0.15, 0.2) is 0 Å². The average molecular weight is 484 g/mol. The highest BCUT2D eigenvalue weighted by Crippen LogP contribution is 2.25. The Labute approximate surface area is 187 Å². The van der Waals surface area contributed by atoms with E-state index in [4.69, 9.17) is 16.3 Å². The van der Waals surface area contributed by atoms with Crippen LogP contribution < -0.4 is 15.0 Å². The first kappa shape index (κ1) is 20.2. The molecular weight excluding hydrogens is 468 g/mol. The van der Waals surface area contributed by atoms with Crippen molar-refractivity contribution >= 4 is 51.2 Å². The maximum atomic E-state index is 12.7. The molecule has 1 N–H and O–H groups in total. The van der Waals surface area contributed by atoms with Gasteiger partial charge in [0.05, 0.1) is 5.69 Å². The SMILES string of the molecule is O=C1N/C(=C/c2ccc(OCc3ccc(Br)cc3)cc2)C(=O)N1c1cccc(Cl)c1. The molecule has 0 atom stereocenters. The van der Waals surface area contributed by atoms with Crippen LogP contribution >= 0.6 is 27.5 Å². The molecule has 0 saturated carbocycles. The van der Waals surface area contributed by atoms with E-state index in [1.165, 1.54) is 0 Å². The summed E-state index contributed by atoms with van der Waals surface area (Å²) in [7, 11) is 0. The first-order valence-electron chi connectivity index (χ1n) is 9.09. The zero-order valence-corrected chi connectivity index (χ0v) is 18.0. The number of halogens is 2. The van der Waals surface area contributed by atoms with Crippen molar-refractivity contribution in [3.05, 3.63) is 99.1 Å². The quantitative estimate of drug-likeness (QED) is 0.370. The second-order valence-electron chi connectivity index (χ2n) is 6.59. The fourth-order valence-corrected chi connectivity index (χ4v) is 3.41. The lowest BCUT2D eigenvalue weighted by atomic mass is 10.2. The zero-order valence-electron chi connectivity index (χ0n) is 15.6. The Morgan fingerprint density at radius 3 is 2.43 bits per heavy atom. The lowest BCUT2D eigenvalue weighted by Gasteiger charge is -2.11. The second-order valence-corrected chi connectivity index (χ2v) is 7.94. The number of ether oxygens (including phenoxy) is 1. The van der Waals surface area contributed by atoms with Crippen molar-refractivity contribution in [3.63, 3.8) is 0 Å². The average Bonchev–Trinajstić information content (AvgIpc) is 3.01. The normalized spacial score (nSPS) is 14.9. The van der Waals surface area contributed by atoms with Crippen molar-refractivity contribution in [2.45, 2.75) is 6.61 Å². The number of carbonyl (C=O) groups is 2. The summed E-state index contributed by atoms with van der Waals surface area (Å²) in [4.78, 5) is 26.0. The van der Waals surface area contributed by atoms with Crippen molar-refractivity contribution in [1.29, 1.82) is 0 Å². The third-order valence-corrected chi connectivity index (χ3v) is 5.22. The number of imide groups is 1. The van der Waals surface area contributed by atoms with Crippen LogP contribution in [0.25, 0.3) is 6.08 Å². The van der Waals surface area contributed by atoms with Crippen LogP contribution in [0.5, 0.6) is 5.75 Å². The maximum absolute atomic E-state index is 12.7. The van der Waals surface area contributed by atoms with Crippen molar-refractivity contribution in [1.82, 2.24) is 5.32 Å². The summed E-state index contributed by atoms with van der Waals surface area (Å²) in [5.74, 6) is 0.278. The summed E-state index contributed by atoms with van der Waals surface area (Å²) >= 11 is 9.38. The number of carbonyl (C=O) groups excluding carboxylic acids is 2. The minimum absolute atomic E-state index is 0.198. The van der Waals surface area contributed by atoms with Gasteiger partial charge in [-0.3, -0.25) is 4.79 Å². The van der Waals surface area contributed by atoms with Crippen LogP contribution in [0.2, 0.25) is 5.02 Å². The van der Waals surface area contributed by atoms with E-state index in [0.717, 1.165) is 20.5 Å². The van der Waals surface area contributed by atoms with Crippen LogP contribution in [-0.2, 0) is 11.4 Å². The Kier molecular flexibility index (Phi) is 5.88. The fraction of sp³-hybridized carbons (Fsp3) is 0.0435. The Bertz CT molecular complexity index is 1130. The van der Waals surface area contributed by atoms with Gasteiger partial charge in [0.1, 0.15) is 18.1 Å². The molecule has 3 aromatic carbocycles. The third-order valence-electron chi connectivity index (χ3n) is 4.45. The molecule has 0 aliphatic carbocycles. The van der Waals surface area contributed by atoms with Crippen LogP contribution in [-0.4, -0.2) is 11.9 Å². The zero-order chi connectivity index (χ0) is 21.1. The standard InChI is InChI=1S/C23H16BrClN2O3/c24-17-8-4-16(5-9-17)14-30-20-10-6-15(7-11-20)12-21-22(28)27(23(29)26-21)19-3-1-2-18(25)13-19/h1-13H,14H2,(H,26,29)/b21-12+. The number of hydrogen-bond donors (Lipinski definition) is 1. The predicted octanol–water partition coefficient (Wildman–Crippen LogP) is 5.78. The Hall–Kier alpha value is -3.09. The molecule has 0 spiro atoms. The number of nitrogens with zero attached hydrogens (tertiary/aromatic N) is 1. The van der Waals surface area contributed by atoms with Gasteiger partial charge in [0, 0.05) is 9.50 Å². The van der Waals surface area contributed by atoms with Gasteiger partial charge in [0.2, 0.25) is 0 Å². The van der Waals surface area contributed by atoms with Gasteiger partial charge in [-0.05, 0) is 59.7 Å². The molecule has 0 aromatic heterocycles. The van der Waals surface area contributed by atoms with E-state index in [1.807, 2.05) is 48.5 Å². The summed E-state index contributed by atoms with van der Waals surface area (Å²) in [6.07, 6.45) is 1.63. The Morgan fingerprint density at radius 2 is 1.73 bits per heavy atom. The highest BCUT2D eigenvalue weighted by atomic mass is 79.9. The van der Waals surface area contributed by atoms with Crippen molar-refractivity contribution in [2.75, 3.05) is 4.90 Å². The maximum Gasteiger partial charge on any atom is 0.333 e. The van der Waals surface area contributed by atoms with Gasteiger partial charge < -0.3 is 10.1 Å².